The lowest BCUT2D eigenvalue weighted by Gasteiger charge is -2.50. The Bertz CT molecular complexity index is 711. The summed E-state index contributed by atoms with van der Waals surface area (Å²) in [5.74, 6) is -0.0663. The van der Waals surface area contributed by atoms with Gasteiger partial charge in [0.2, 0.25) is 0 Å². The van der Waals surface area contributed by atoms with Crippen molar-refractivity contribution in [3.63, 3.8) is 0 Å². The van der Waals surface area contributed by atoms with Gasteiger partial charge < -0.3 is 10.2 Å². The van der Waals surface area contributed by atoms with Crippen LogP contribution in [0, 0.1) is 0 Å². The second-order valence-corrected chi connectivity index (χ2v) is 6.95. The molecule has 2 aliphatic heterocycles. The standard InChI is InChI=1S/C17H23N5O/c1-21-9-12-7-11(8-13(10-21)22(12)2)18-17(23)16-14-5-3-4-6-15(14)19-20-16/h3-6,11-13H,7-10H2,1-2H3,(H,18,23)(H,19,20)/t11-,12-,13?/m1/s1. The number of fused-ring (bicyclic) bond motifs is 3. The maximum atomic E-state index is 12.6. The predicted molar refractivity (Wildman–Crippen MR) is 89.4 cm³/mol. The molecule has 0 spiro atoms. The van der Waals surface area contributed by atoms with E-state index in [2.05, 4.69) is 39.4 Å². The molecule has 4 rings (SSSR count). The number of nitrogens with one attached hydrogen (secondary N) is 2. The number of likely N-dealkylation sites (N-methyl/N-ethyl adjacent to an activating group) is 2. The van der Waals surface area contributed by atoms with E-state index in [9.17, 15) is 4.79 Å². The number of likely N-dealkylation sites (tertiary alicyclic amines) is 1. The Balaban J connectivity index is 1.49. The Kier molecular flexibility index (Phi) is 3.58. The van der Waals surface area contributed by atoms with Crippen molar-refractivity contribution in [2.45, 2.75) is 31.0 Å². The van der Waals surface area contributed by atoms with E-state index in [1.165, 1.54) is 0 Å². The molecule has 2 aromatic rings. The Labute approximate surface area is 135 Å². The summed E-state index contributed by atoms with van der Waals surface area (Å²) in [5.41, 5.74) is 1.40. The van der Waals surface area contributed by atoms with Crippen LogP contribution in [0.3, 0.4) is 0 Å². The summed E-state index contributed by atoms with van der Waals surface area (Å²) in [5, 5.41) is 11.2. The molecule has 2 saturated heterocycles. The first-order chi connectivity index (χ1) is 11.1. The lowest BCUT2D eigenvalue weighted by Crippen LogP contribution is -2.63. The average molecular weight is 313 g/mol. The minimum Gasteiger partial charge on any atom is -0.348 e. The number of H-pyrrole nitrogens is 1. The number of piperazine rings is 1. The van der Waals surface area contributed by atoms with Gasteiger partial charge in [-0.25, -0.2) is 0 Å². The molecule has 1 unspecified atom stereocenters. The van der Waals surface area contributed by atoms with Crippen molar-refractivity contribution in [3.05, 3.63) is 30.0 Å². The van der Waals surface area contributed by atoms with Gasteiger partial charge in [0.1, 0.15) is 0 Å². The fourth-order valence-corrected chi connectivity index (χ4v) is 4.09. The molecular formula is C17H23N5O. The molecule has 6 nitrogen and oxygen atoms in total. The second-order valence-electron chi connectivity index (χ2n) is 6.95. The quantitative estimate of drug-likeness (QED) is 0.870. The molecular weight excluding hydrogens is 290 g/mol. The van der Waals surface area contributed by atoms with Gasteiger partial charge in [0.25, 0.3) is 5.91 Å². The predicted octanol–water partition coefficient (Wildman–Crippen LogP) is 1.07. The van der Waals surface area contributed by atoms with Crippen LogP contribution in [0.1, 0.15) is 23.3 Å². The summed E-state index contributed by atoms with van der Waals surface area (Å²) in [4.78, 5) is 17.5. The van der Waals surface area contributed by atoms with Crippen molar-refractivity contribution < 1.29 is 4.79 Å². The van der Waals surface area contributed by atoms with E-state index < -0.39 is 0 Å². The Hall–Kier alpha value is -1.92. The zero-order valence-electron chi connectivity index (χ0n) is 13.6. The topological polar surface area (TPSA) is 64.3 Å². The van der Waals surface area contributed by atoms with E-state index in [1.807, 2.05) is 24.3 Å². The fourth-order valence-electron chi connectivity index (χ4n) is 4.09. The van der Waals surface area contributed by atoms with Gasteiger partial charge in [-0.05, 0) is 33.0 Å². The SMILES string of the molecule is CN1CC2C[C@H](NC(=O)c3n[nH]c4ccccc34)C[C@H](C1)N2C. The zero-order valence-corrected chi connectivity index (χ0v) is 13.6. The monoisotopic (exact) mass is 313 g/mol. The number of piperidine rings is 1. The van der Waals surface area contributed by atoms with E-state index in [-0.39, 0.29) is 11.9 Å². The van der Waals surface area contributed by atoms with Gasteiger partial charge in [-0.1, -0.05) is 18.2 Å². The van der Waals surface area contributed by atoms with Gasteiger partial charge in [0.05, 0.1) is 5.52 Å². The maximum absolute atomic E-state index is 12.6. The highest BCUT2D eigenvalue weighted by atomic mass is 16.2. The van der Waals surface area contributed by atoms with E-state index in [0.29, 0.717) is 17.8 Å². The highest BCUT2D eigenvalue weighted by molar-refractivity contribution is 6.04. The molecule has 1 aromatic carbocycles. The molecule has 2 N–H and O–H groups in total. The molecule has 3 atom stereocenters. The lowest BCUT2D eigenvalue weighted by atomic mass is 9.88. The van der Waals surface area contributed by atoms with Crippen molar-refractivity contribution in [2.24, 2.45) is 0 Å². The Morgan fingerprint density at radius 1 is 1.22 bits per heavy atom. The van der Waals surface area contributed by atoms with E-state index in [0.717, 1.165) is 36.8 Å². The van der Waals surface area contributed by atoms with Crippen molar-refractivity contribution in [3.8, 4) is 0 Å². The molecule has 1 amide bonds. The van der Waals surface area contributed by atoms with Crippen molar-refractivity contribution in [2.75, 3.05) is 27.2 Å². The van der Waals surface area contributed by atoms with Crippen LogP contribution in [-0.2, 0) is 0 Å². The number of carbonyl (C=O) groups excluding carboxylic acids is 1. The summed E-state index contributed by atoms with van der Waals surface area (Å²) >= 11 is 0. The first-order valence-electron chi connectivity index (χ1n) is 8.26. The Morgan fingerprint density at radius 2 is 1.91 bits per heavy atom. The number of nitrogens with zero attached hydrogens (tertiary/aromatic N) is 3. The van der Waals surface area contributed by atoms with Gasteiger partial charge in [-0.3, -0.25) is 14.8 Å². The van der Waals surface area contributed by atoms with Gasteiger partial charge in [-0.2, -0.15) is 5.10 Å². The molecule has 1 aromatic heterocycles. The number of benzene rings is 1. The summed E-state index contributed by atoms with van der Waals surface area (Å²) < 4.78 is 0. The van der Waals surface area contributed by atoms with Crippen LogP contribution < -0.4 is 5.32 Å². The van der Waals surface area contributed by atoms with Gasteiger partial charge in [0, 0.05) is 36.6 Å². The number of aromatic amines is 1. The highest BCUT2D eigenvalue weighted by Crippen LogP contribution is 2.27. The molecule has 6 heteroatoms. The van der Waals surface area contributed by atoms with E-state index >= 15 is 0 Å². The molecule has 2 aliphatic rings. The third-order valence-corrected chi connectivity index (χ3v) is 5.33. The van der Waals surface area contributed by atoms with Gasteiger partial charge in [-0.15, -0.1) is 0 Å². The fraction of sp³-hybridized carbons (Fsp3) is 0.529. The largest absolute Gasteiger partial charge is 0.348 e. The number of aromatic nitrogens is 2. The average Bonchev–Trinajstić information content (AvgIpc) is 2.93. The number of rotatable bonds is 2. The van der Waals surface area contributed by atoms with Crippen LogP contribution in [0.5, 0.6) is 0 Å². The van der Waals surface area contributed by atoms with Crippen LogP contribution >= 0.6 is 0 Å². The third-order valence-electron chi connectivity index (χ3n) is 5.33. The smallest absolute Gasteiger partial charge is 0.272 e. The zero-order chi connectivity index (χ0) is 16.0. The molecule has 0 aliphatic carbocycles. The van der Waals surface area contributed by atoms with Crippen molar-refractivity contribution >= 4 is 16.8 Å². The number of para-hydroxylation sites is 1. The van der Waals surface area contributed by atoms with Crippen LogP contribution in [0.15, 0.2) is 24.3 Å². The van der Waals surface area contributed by atoms with Crippen LogP contribution in [-0.4, -0.2) is 71.2 Å². The number of hydrogen-bond donors (Lipinski definition) is 2. The minimum atomic E-state index is -0.0663. The van der Waals surface area contributed by atoms with Crippen molar-refractivity contribution in [1.29, 1.82) is 0 Å². The minimum absolute atomic E-state index is 0.0663. The van der Waals surface area contributed by atoms with Crippen LogP contribution in [0.25, 0.3) is 10.9 Å². The van der Waals surface area contributed by atoms with Crippen LogP contribution in [0.4, 0.5) is 0 Å². The molecule has 2 bridgehead atoms. The first kappa shape index (κ1) is 14.7. The van der Waals surface area contributed by atoms with Crippen LogP contribution in [0.2, 0.25) is 0 Å². The summed E-state index contributed by atoms with van der Waals surface area (Å²) in [6, 6.07) is 9.03. The molecule has 0 radical (unpaired) electrons. The molecule has 2 fully saturated rings. The summed E-state index contributed by atoms with van der Waals surface area (Å²) in [6.45, 7) is 2.15. The van der Waals surface area contributed by atoms with E-state index in [1.54, 1.807) is 0 Å². The lowest BCUT2D eigenvalue weighted by molar-refractivity contribution is 0.00838. The van der Waals surface area contributed by atoms with Gasteiger partial charge >= 0.3 is 0 Å². The maximum Gasteiger partial charge on any atom is 0.272 e. The molecule has 0 saturated carbocycles. The van der Waals surface area contributed by atoms with Gasteiger partial charge in [0.15, 0.2) is 5.69 Å². The Morgan fingerprint density at radius 3 is 2.65 bits per heavy atom. The normalized spacial score (nSPS) is 28.9. The highest BCUT2D eigenvalue weighted by Gasteiger charge is 2.38. The van der Waals surface area contributed by atoms with E-state index in [4.69, 9.17) is 0 Å². The summed E-state index contributed by atoms with van der Waals surface area (Å²) in [6.07, 6.45) is 2.01. The number of amides is 1. The number of hydrogen-bond acceptors (Lipinski definition) is 4. The second kappa shape index (κ2) is 5.62. The third kappa shape index (κ3) is 2.62. The summed E-state index contributed by atoms with van der Waals surface area (Å²) in [7, 11) is 4.39. The van der Waals surface area contributed by atoms with Crippen molar-refractivity contribution in [1.82, 2.24) is 25.3 Å². The molecule has 122 valence electrons. The molecule has 3 heterocycles. The first-order valence-corrected chi connectivity index (χ1v) is 8.26. The number of carbonyl (C=O) groups is 1. The molecule has 23 heavy (non-hydrogen) atoms.